The van der Waals surface area contributed by atoms with Crippen LogP contribution in [0.4, 0.5) is 0 Å². The Hall–Kier alpha value is -1.49. The van der Waals surface area contributed by atoms with Gasteiger partial charge in [0.25, 0.3) is 0 Å². The van der Waals surface area contributed by atoms with Crippen LogP contribution in [0.5, 0.6) is 0 Å². The molecule has 0 spiro atoms. The van der Waals surface area contributed by atoms with E-state index in [-0.39, 0.29) is 41.6 Å². The van der Waals surface area contributed by atoms with Gasteiger partial charge in [-0.1, -0.05) is 6.07 Å². The fourth-order valence-corrected chi connectivity index (χ4v) is 6.76. The molecule has 10 heteroatoms. The number of morpholine rings is 1. The van der Waals surface area contributed by atoms with Crippen molar-refractivity contribution in [2.24, 2.45) is 0 Å². The molecule has 0 aromatic heterocycles. The molecule has 1 fully saturated rings. The number of nitrogens with one attached hydrogen (secondary N) is 1. The average molecular weight is 459 g/mol. The molecule has 3 rings (SSSR count). The Bertz CT molecular complexity index is 981. The Morgan fingerprint density at radius 2 is 1.73 bits per heavy atom. The molecule has 8 nitrogen and oxygen atoms in total. The van der Waals surface area contributed by atoms with E-state index in [1.807, 2.05) is 19.9 Å². The largest absolute Gasteiger partial charge is 0.373 e. The van der Waals surface area contributed by atoms with Crippen LogP contribution in [0.1, 0.15) is 37.8 Å². The molecule has 1 aliphatic carbocycles. The van der Waals surface area contributed by atoms with E-state index in [4.69, 9.17) is 4.74 Å². The van der Waals surface area contributed by atoms with E-state index in [2.05, 4.69) is 5.32 Å². The first kappa shape index (κ1) is 23.2. The maximum absolute atomic E-state index is 12.5. The van der Waals surface area contributed by atoms with Crippen molar-refractivity contribution in [1.82, 2.24) is 9.62 Å². The maximum atomic E-state index is 12.5. The van der Waals surface area contributed by atoms with Crippen LogP contribution < -0.4 is 5.32 Å². The van der Waals surface area contributed by atoms with Crippen LogP contribution in [-0.4, -0.2) is 70.4 Å². The van der Waals surface area contributed by atoms with Crippen molar-refractivity contribution in [1.29, 1.82) is 0 Å². The summed E-state index contributed by atoms with van der Waals surface area (Å²) in [4.78, 5) is 12.3. The minimum atomic E-state index is -3.56. The molecule has 1 saturated heterocycles. The van der Waals surface area contributed by atoms with Gasteiger partial charge in [-0.15, -0.1) is 0 Å². The summed E-state index contributed by atoms with van der Waals surface area (Å²) in [5.74, 6) is -1.00. The fourth-order valence-electron chi connectivity index (χ4n) is 3.98. The van der Waals surface area contributed by atoms with E-state index in [0.29, 0.717) is 13.1 Å². The van der Waals surface area contributed by atoms with E-state index in [1.54, 1.807) is 12.1 Å². The lowest BCUT2D eigenvalue weighted by atomic mass is 10.1. The van der Waals surface area contributed by atoms with Crippen LogP contribution in [-0.2, 0) is 42.2 Å². The Labute approximate surface area is 178 Å². The predicted molar refractivity (Wildman–Crippen MR) is 114 cm³/mol. The average Bonchev–Trinajstić information content (AvgIpc) is 3.13. The van der Waals surface area contributed by atoms with Gasteiger partial charge < -0.3 is 10.1 Å². The molecular formula is C20H30N2O6S2. The van der Waals surface area contributed by atoms with Crippen LogP contribution in [0.15, 0.2) is 23.1 Å². The van der Waals surface area contributed by atoms with Gasteiger partial charge in [0.2, 0.25) is 15.9 Å². The normalized spacial score (nSPS) is 22.6. The molecule has 1 aromatic rings. The smallest absolute Gasteiger partial charge is 0.221 e. The highest BCUT2D eigenvalue weighted by molar-refractivity contribution is 7.91. The summed E-state index contributed by atoms with van der Waals surface area (Å²) in [6.45, 7) is 4.17. The van der Waals surface area contributed by atoms with Crippen LogP contribution in [0.3, 0.4) is 0 Å². The first-order valence-electron chi connectivity index (χ1n) is 10.3. The van der Waals surface area contributed by atoms with Crippen molar-refractivity contribution in [3.63, 3.8) is 0 Å². The van der Waals surface area contributed by atoms with E-state index in [1.165, 1.54) is 9.87 Å². The Morgan fingerprint density at radius 1 is 1.07 bits per heavy atom. The number of hydrogen-bond acceptors (Lipinski definition) is 6. The second-order valence-corrected chi connectivity index (χ2v) is 12.3. The molecule has 0 saturated carbocycles. The van der Waals surface area contributed by atoms with Crippen molar-refractivity contribution in [3.05, 3.63) is 29.3 Å². The first-order chi connectivity index (χ1) is 14.1. The quantitative estimate of drug-likeness (QED) is 0.620. The predicted octanol–water partition coefficient (Wildman–Crippen LogP) is 0.894. The molecule has 30 heavy (non-hydrogen) atoms. The Kier molecular flexibility index (Phi) is 7.21. The summed E-state index contributed by atoms with van der Waals surface area (Å²) >= 11 is 0. The molecule has 2 atom stereocenters. The maximum Gasteiger partial charge on any atom is 0.221 e. The molecule has 168 valence electrons. The zero-order chi connectivity index (χ0) is 21.9. The highest BCUT2D eigenvalue weighted by atomic mass is 32.2. The van der Waals surface area contributed by atoms with Crippen molar-refractivity contribution in [2.75, 3.05) is 31.1 Å². The van der Waals surface area contributed by atoms with Crippen LogP contribution in [0, 0.1) is 0 Å². The van der Waals surface area contributed by atoms with Crippen molar-refractivity contribution in [2.45, 2.75) is 56.6 Å². The summed E-state index contributed by atoms with van der Waals surface area (Å²) in [7, 11) is -7.08. The summed E-state index contributed by atoms with van der Waals surface area (Å²) in [6.07, 6.45) is 2.33. The molecule has 1 N–H and O–H groups in total. The Morgan fingerprint density at radius 3 is 2.43 bits per heavy atom. The van der Waals surface area contributed by atoms with Gasteiger partial charge in [0, 0.05) is 26.1 Å². The van der Waals surface area contributed by atoms with Crippen LogP contribution >= 0.6 is 0 Å². The lowest BCUT2D eigenvalue weighted by Crippen LogP contribution is -2.49. The number of nitrogens with zero attached hydrogens (tertiary/aromatic N) is 1. The zero-order valence-corrected chi connectivity index (χ0v) is 19.1. The molecule has 2 unspecified atom stereocenters. The molecule has 2 aliphatic rings. The Balaban J connectivity index is 1.46. The number of carbonyl (C=O) groups is 1. The van der Waals surface area contributed by atoms with Crippen molar-refractivity contribution >= 4 is 25.8 Å². The van der Waals surface area contributed by atoms with E-state index < -0.39 is 25.8 Å². The van der Waals surface area contributed by atoms with Gasteiger partial charge >= 0.3 is 0 Å². The zero-order valence-electron chi connectivity index (χ0n) is 17.5. The number of amides is 1. The highest BCUT2D eigenvalue weighted by Crippen LogP contribution is 2.25. The van der Waals surface area contributed by atoms with Gasteiger partial charge in [-0.05, 0) is 56.4 Å². The third kappa shape index (κ3) is 5.81. The monoisotopic (exact) mass is 458 g/mol. The molecular weight excluding hydrogens is 428 g/mol. The third-order valence-corrected chi connectivity index (χ3v) is 9.01. The lowest BCUT2D eigenvalue weighted by molar-refractivity contribution is -0.120. The second-order valence-electron chi connectivity index (χ2n) is 8.09. The summed E-state index contributed by atoms with van der Waals surface area (Å²) in [5.41, 5.74) is 2.26. The lowest BCUT2D eigenvalue weighted by Gasteiger charge is -2.34. The van der Waals surface area contributed by atoms with Crippen LogP contribution in [0.2, 0.25) is 0 Å². The van der Waals surface area contributed by atoms with Gasteiger partial charge in [-0.2, -0.15) is 4.31 Å². The van der Waals surface area contributed by atoms with E-state index in [9.17, 15) is 21.6 Å². The molecule has 1 heterocycles. The minimum Gasteiger partial charge on any atom is -0.373 e. The van der Waals surface area contributed by atoms with Gasteiger partial charge in [0.05, 0.1) is 28.6 Å². The minimum absolute atomic E-state index is 0.0554. The standard InChI is InChI=1S/C20H30N2O6S2/c1-15-13-22(14-16(2)28-15)30(26,27)11-9-21-20(23)8-10-29(24,25)19-7-6-17-4-3-5-18(17)12-19/h6-7,12,15-16H,3-5,8-11,13-14H2,1-2H3,(H,21,23). The van der Waals surface area contributed by atoms with Crippen molar-refractivity contribution in [3.8, 4) is 0 Å². The third-order valence-electron chi connectivity index (χ3n) is 5.49. The number of sulfone groups is 1. The van der Waals surface area contributed by atoms with Gasteiger partial charge in [-0.3, -0.25) is 4.79 Å². The van der Waals surface area contributed by atoms with E-state index >= 15 is 0 Å². The van der Waals surface area contributed by atoms with E-state index in [0.717, 1.165) is 24.8 Å². The highest BCUT2D eigenvalue weighted by Gasteiger charge is 2.30. The topological polar surface area (TPSA) is 110 Å². The number of aryl methyl sites for hydroxylation is 2. The molecule has 1 aromatic carbocycles. The molecule has 0 bridgehead atoms. The summed E-state index contributed by atoms with van der Waals surface area (Å²) < 4.78 is 57.0. The summed E-state index contributed by atoms with van der Waals surface area (Å²) in [5, 5.41) is 2.53. The number of rotatable bonds is 8. The van der Waals surface area contributed by atoms with Crippen molar-refractivity contribution < 1.29 is 26.4 Å². The fraction of sp³-hybridized carbons (Fsp3) is 0.650. The number of sulfonamides is 1. The number of fused-ring (bicyclic) bond motifs is 1. The summed E-state index contributed by atoms with van der Waals surface area (Å²) in [6, 6.07) is 5.17. The van der Waals surface area contributed by atoms with Gasteiger partial charge in [0.1, 0.15) is 0 Å². The molecule has 1 aliphatic heterocycles. The molecule has 1 amide bonds. The second kappa shape index (κ2) is 9.33. The number of carbonyl (C=O) groups excluding carboxylic acids is 1. The van der Waals surface area contributed by atoms with Crippen LogP contribution in [0.25, 0.3) is 0 Å². The molecule has 0 radical (unpaired) electrons. The first-order valence-corrected chi connectivity index (χ1v) is 13.6. The van der Waals surface area contributed by atoms with Gasteiger partial charge in [0.15, 0.2) is 9.84 Å². The SMILES string of the molecule is CC1CN(S(=O)(=O)CCNC(=O)CCS(=O)(=O)c2ccc3c(c2)CCC3)CC(C)O1. The van der Waals surface area contributed by atoms with Gasteiger partial charge in [-0.25, -0.2) is 16.8 Å². The number of benzene rings is 1. The number of hydrogen-bond donors (Lipinski definition) is 1. The number of ether oxygens (including phenoxy) is 1.